The number of amides is 1. The Kier molecular flexibility index (Phi) is 9.08. The van der Waals surface area contributed by atoms with E-state index in [4.69, 9.17) is 21.3 Å². The highest BCUT2D eigenvalue weighted by Gasteiger charge is 2.36. The van der Waals surface area contributed by atoms with Crippen molar-refractivity contribution in [1.82, 2.24) is 24.4 Å². The van der Waals surface area contributed by atoms with Gasteiger partial charge in [0.2, 0.25) is 11.9 Å². The van der Waals surface area contributed by atoms with E-state index >= 15 is 4.39 Å². The third-order valence-corrected chi connectivity index (χ3v) is 9.20. The molecule has 4 aromatic rings. The van der Waals surface area contributed by atoms with Crippen LogP contribution in [0, 0.1) is 11.6 Å². The Morgan fingerprint density at radius 2 is 1.91 bits per heavy atom. The van der Waals surface area contributed by atoms with Gasteiger partial charge in [-0.05, 0) is 52.0 Å². The Bertz CT molecular complexity index is 1810. The minimum Gasteiger partial charge on any atom is -0.507 e. The number of hydrogen-bond donors (Lipinski definition) is 1. The number of piperazine rings is 1. The number of phenols is 1. The molecule has 10 nitrogen and oxygen atoms in total. The van der Waals surface area contributed by atoms with E-state index in [-0.39, 0.29) is 51.7 Å². The lowest BCUT2D eigenvalue weighted by atomic mass is 10.00. The molecule has 0 saturated carbocycles. The molecule has 2 saturated heterocycles. The monoisotopic (exact) mass is 665 g/mol. The van der Waals surface area contributed by atoms with Gasteiger partial charge in [0, 0.05) is 67.9 Å². The van der Waals surface area contributed by atoms with Gasteiger partial charge in [-0.15, -0.1) is 0 Å². The van der Waals surface area contributed by atoms with Gasteiger partial charge in [-0.25, -0.2) is 18.7 Å². The second-order valence-electron chi connectivity index (χ2n) is 12.5. The van der Waals surface area contributed by atoms with E-state index in [1.54, 1.807) is 4.90 Å². The maximum Gasteiger partial charge on any atom is 0.246 e. The van der Waals surface area contributed by atoms with Crippen LogP contribution in [0.25, 0.3) is 22.0 Å². The van der Waals surface area contributed by atoms with Crippen LogP contribution in [-0.2, 0) is 16.0 Å². The number of fused-ring (bicyclic) bond motifs is 1. The Morgan fingerprint density at radius 1 is 1.15 bits per heavy atom. The predicted molar refractivity (Wildman–Crippen MR) is 178 cm³/mol. The number of rotatable bonds is 9. The first-order valence-corrected chi connectivity index (χ1v) is 16.1. The standard InChI is InChI=1S/C34H38ClF2N7O3/c1-6-28(46)43-13-21(5)44(14-20(43)4)33-24-12-25(35)29(30-26(36)8-7-9-27(30)45)31(37)32(24)39-34(40-33)41-16-23(17-41)47-11-10-22-15-42(18-38-22)19(2)3/h6-9,12,15,18-21,23,45H,1,10-11,13-14,16-17H2,2-5H3/t20-,21+/m1/s1. The van der Waals surface area contributed by atoms with Crippen LogP contribution in [0.3, 0.4) is 0 Å². The summed E-state index contributed by atoms with van der Waals surface area (Å²) in [6.45, 7) is 14.0. The minimum absolute atomic E-state index is 0.0541. The third kappa shape index (κ3) is 6.23. The van der Waals surface area contributed by atoms with E-state index in [1.165, 1.54) is 24.3 Å². The third-order valence-electron chi connectivity index (χ3n) is 8.90. The largest absolute Gasteiger partial charge is 0.507 e. The van der Waals surface area contributed by atoms with Crippen molar-refractivity contribution >= 4 is 40.2 Å². The van der Waals surface area contributed by atoms with Crippen LogP contribution in [0.5, 0.6) is 5.75 Å². The topological polar surface area (TPSA) is 99.9 Å². The molecule has 2 aliphatic rings. The maximum absolute atomic E-state index is 16.5. The Morgan fingerprint density at radius 3 is 2.60 bits per heavy atom. The van der Waals surface area contributed by atoms with Crippen LogP contribution in [0.4, 0.5) is 20.5 Å². The molecule has 6 rings (SSSR count). The number of imidazole rings is 1. The highest BCUT2D eigenvalue weighted by molar-refractivity contribution is 6.34. The fraction of sp³-hybridized carbons (Fsp3) is 0.412. The highest BCUT2D eigenvalue weighted by atomic mass is 35.5. The maximum atomic E-state index is 16.5. The number of hydrogen-bond acceptors (Lipinski definition) is 8. The van der Waals surface area contributed by atoms with E-state index in [2.05, 4.69) is 35.0 Å². The molecule has 1 N–H and O–H groups in total. The van der Waals surface area contributed by atoms with Crippen LogP contribution in [-0.4, -0.2) is 86.4 Å². The molecule has 2 fully saturated rings. The van der Waals surface area contributed by atoms with E-state index < -0.39 is 17.4 Å². The van der Waals surface area contributed by atoms with Crippen LogP contribution in [0.1, 0.15) is 39.4 Å². The summed E-state index contributed by atoms with van der Waals surface area (Å²) in [4.78, 5) is 32.2. The van der Waals surface area contributed by atoms with Crippen molar-refractivity contribution in [2.75, 3.05) is 42.6 Å². The smallest absolute Gasteiger partial charge is 0.246 e. The molecule has 248 valence electrons. The molecule has 47 heavy (non-hydrogen) atoms. The first-order valence-electron chi connectivity index (χ1n) is 15.7. The second-order valence-corrected chi connectivity index (χ2v) is 12.9. The van der Waals surface area contributed by atoms with Crippen LogP contribution in [0.15, 0.2) is 49.4 Å². The van der Waals surface area contributed by atoms with Gasteiger partial charge in [0.15, 0.2) is 5.82 Å². The Labute approximate surface area is 277 Å². The van der Waals surface area contributed by atoms with Gasteiger partial charge in [-0.1, -0.05) is 24.2 Å². The normalized spacial score (nSPS) is 18.7. The number of halogens is 3. The molecule has 4 heterocycles. The van der Waals surface area contributed by atoms with Crippen molar-refractivity contribution in [1.29, 1.82) is 0 Å². The van der Waals surface area contributed by atoms with E-state index in [9.17, 15) is 14.3 Å². The van der Waals surface area contributed by atoms with Crippen LogP contribution in [0.2, 0.25) is 5.02 Å². The van der Waals surface area contributed by atoms with Crippen LogP contribution >= 0.6 is 11.6 Å². The van der Waals surface area contributed by atoms with Crippen molar-refractivity contribution in [3.05, 3.63) is 71.8 Å². The van der Waals surface area contributed by atoms with Gasteiger partial charge in [-0.3, -0.25) is 4.79 Å². The summed E-state index contributed by atoms with van der Waals surface area (Å²) in [6.07, 6.45) is 5.76. The molecule has 0 aliphatic carbocycles. The van der Waals surface area contributed by atoms with Gasteiger partial charge in [0.25, 0.3) is 0 Å². The molecule has 2 aromatic carbocycles. The molecular weight excluding hydrogens is 628 g/mol. The second kappa shape index (κ2) is 13.1. The molecule has 0 radical (unpaired) electrons. The predicted octanol–water partition coefficient (Wildman–Crippen LogP) is 5.77. The summed E-state index contributed by atoms with van der Waals surface area (Å²) < 4.78 is 39.7. The zero-order valence-corrected chi connectivity index (χ0v) is 27.6. The summed E-state index contributed by atoms with van der Waals surface area (Å²) in [5.41, 5.74) is 0.286. The number of aromatic hydroxyl groups is 1. The summed E-state index contributed by atoms with van der Waals surface area (Å²) in [6, 6.07) is 5.22. The average Bonchev–Trinajstić information content (AvgIpc) is 3.49. The zero-order valence-electron chi connectivity index (χ0n) is 26.8. The van der Waals surface area contributed by atoms with Gasteiger partial charge in [0.05, 0.1) is 35.3 Å². The fourth-order valence-electron chi connectivity index (χ4n) is 6.19. The molecule has 2 aliphatic heterocycles. The SMILES string of the molecule is C=CC(=O)N1C[C@H](C)N(c2nc(N3CC(OCCc4cn(C(C)C)cn4)C3)nc3c(F)c(-c4c(O)cccc4F)c(Cl)cc23)C[C@H]1C. The number of anilines is 2. The number of aromatic nitrogens is 4. The molecular formula is C34H38ClF2N7O3. The number of carbonyl (C=O) groups excluding carboxylic acids is 1. The summed E-state index contributed by atoms with van der Waals surface area (Å²) in [5, 5.41) is 10.7. The lowest BCUT2D eigenvalue weighted by Gasteiger charge is -2.45. The van der Waals surface area contributed by atoms with Gasteiger partial charge < -0.3 is 29.1 Å². The fourth-order valence-corrected chi connectivity index (χ4v) is 6.48. The van der Waals surface area contributed by atoms with E-state index in [0.29, 0.717) is 56.5 Å². The number of benzene rings is 2. The van der Waals surface area contributed by atoms with Gasteiger partial charge >= 0.3 is 0 Å². The first kappa shape index (κ1) is 32.6. The van der Waals surface area contributed by atoms with E-state index in [1.807, 2.05) is 36.2 Å². The Hall–Kier alpha value is -4.29. The Balaban J connectivity index is 1.32. The molecule has 2 aromatic heterocycles. The summed E-state index contributed by atoms with van der Waals surface area (Å²) in [5.74, 6) is -1.55. The number of ether oxygens (including phenoxy) is 1. The van der Waals surface area contributed by atoms with Crippen molar-refractivity contribution in [3.8, 4) is 16.9 Å². The number of phenolic OH excluding ortho intramolecular Hbond substituents is 1. The van der Waals surface area contributed by atoms with Crippen molar-refractivity contribution in [3.63, 3.8) is 0 Å². The van der Waals surface area contributed by atoms with Gasteiger partial charge in [0.1, 0.15) is 22.9 Å². The van der Waals surface area contributed by atoms with E-state index in [0.717, 1.165) is 11.8 Å². The summed E-state index contributed by atoms with van der Waals surface area (Å²) >= 11 is 6.63. The first-order chi connectivity index (χ1) is 22.5. The van der Waals surface area contributed by atoms with Crippen molar-refractivity contribution in [2.45, 2.75) is 58.3 Å². The summed E-state index contributed by atoms with van der Waals surface area (Å²) in [7, 11) is 0. The minimum atomic E-state index is -0.867. The molecule has 0 unspecified atom stereocenters. The van der Waals surface area contributed by atoms with Crippen LogP contribution < -0.4 is 9.80 Å². The quantitative estimate of drug-likeness (QED) is 0.225. The zero-order chi connectivity index (χ0) is 33.6. The van der Waals surface area contributed by atoms with Crippen molar-refractivity contribution in [2.24, 2.45) is 0 Å². The molecule has 13 heteroatoms. The lowest BCUT2D eigenvalue weighted by Crippen LogP contribution is -2.58. The molecule has 0 bridgehead atoms. The molecule has 2 atom stereocenters. The number of carbonyl (C=O) groups is 1. The van der Waals surface area contributed by atoms with Crippen molar-refractivity contribution < 1.29 is 23.4 Å². The molecule has 1 amide bonds. The average molecular weight is 666 g/mol. The molecule has 0 spiro atoms. The highest BCUT2D eigenvalue weighted by Crippen LogP contribution is 2.43. The number of nitrogens with zero attached hydrogens (tertiary/aromatic N) is 7. The lowest BCUT2D eigenvalue weighted by molar-refractivity contribution is -0.128. The van der Waals surface area contributed by atoms with Gasteiger partial charge in [-0.2, -0.15) is 4.98 Å².